The molecule has 0 aliphatic heterocycles. The van der Waals surface area contributed by atoms with Crippen LogP contribution >= 0.6 is 33.9 Å². The van der Waals surface area contributed by atoms with Gasteiger partial charge in [-0.15, -0.1) is 0 Å². The third-order valence-electron chi connectivity index (χ3n) is 3.40. The van der Waals surface area contributed by atoms with E-state index >= 15 is 0 Å². The molecule has 2 rings (SSSR count). The minimum Gasteiger partial charge on any atom is -0.373 e. The second-order valence-corrected chi connectivity index (χ2v) is 7.57. The Kier molecular flexibility index (Phi) is 6.88. The summed E-state index contributed by atoms with van der Waals surface area (Å²) in [5.41, 5.74) is 4.44. The molecule has 9 heteroatoms. The van der Waals surface area contributed by atoms with Gasteiger partial charge in [-0.05, 0) is 65.8 Å². The maximum atomic E-state index is 12.3. The lowest BCUT2D eigenvalue weighted by Crippen LogP contribution is -2.37. The number of halogens is 1. The van der Waals surface area contributed by atoms with Crippen molar-refractivity contribution < 1.29 is 9.72 Å². The lowest BCUT2D eigenvalue weighted by molar-refractivity contribution is -0.380. The van der Waals surface area contributed by atoms with Crippen LogP contribution in [-0.4, -0.2) is 23.1 Å². The molecule has 1 aromatic carbocycles. The number of carbonyl (C=O) groups is 1. The number of aryl methyl sites for hydroxylation is 1. The Hall–Kier alpha value is -2.01. The largest absolute Gasteiger partial charge is 0.373 e. The van der Waals surface area contributed by atoms with Crippen LogP contribution in [0, 0.1) is 20.6 Å². The molecular formula is C16H17IN4O3S. The smallest absolute Gasteiger partial charge is 0.324 e. The summed E-state index contributed by atoms with van der Waals surface area (Å²) >= 11 is 3.24. The van der Waals surface area contributed by atoms with E-state index in [4.69, 9.17) is 0 Å². The molecule has 1 heterocycles. The molecule has 2 aromatic rings. The lowest BCUT2D eigenvalue weighted by Gasteiger charge is -2.18. The van der Waals surface area contributed by atoms with Gasteiger partial charge < -0.3 is 5.32 Å². The van der Waals surface area contributed by atoms with Gasteiger partial charge in [0.15, 0.2) is 0 Å². The molecule has 25 heavy (non-hydrogen) atoms. The number of hydrazone groups is 1. The second kappa shape index (κ2) is 8.90. The molecule has 0 saturated carbocycles. The number of benzene rings is 1. The predicted octanol–water partition coefficient (Wildman–Crippen LogP) is 3.91. The quantitative estimate of drug-likeness (QED) is 0.277. The summed E-state index contributed by atoms with van der Waals surface area (Å²) in [6, 6.07) is 8.53. The van der Waals surface area contributed by atoms with Gasteiger partial charge in [0, 0.05) is 15.3 Å². The zero-order valence-electron chi connectivity index (χ0n) is 13.7. The van der Waals surface area contributed by atoms with E-state index in [9.17, 15) is 14.9 Å². The molecule has 0 bridgehead atoms. The van der Waals surface area contributed by atoms with Crippen LogP contribution in [0.4, 0.5) is 10.7 Å². The predicted molar refractivity (Wildman–Crippen MR) is 108 cm³/mol. The number of hydrogen-bond acceptors (Lipinski definition) is 6. The third kappa shape index (κ3) is 5.49. The molecule has 1 amide bonds. The Labute approximate surface area is 162 Å². The van der Waals surface area contributed by atoms with E-state index in [1.165, 1.54) is 12.3 Å². The number of amides is 1. The van der Waals surface area contributed by atoms with Crippen molar-refractivity contribution in [3.63, 3.8) is 0 Å². The van der Waals surface area contributed by atoms with Crippen molar-refractivity contribution in [1.82, 2.24) is 5.43 Å². The van der Waals surface area contributed by atoms with Gasteiger partial charge in [-0.25, -0.2) is 5.43 Å². The Morgan fingerprint density at radius 3 is 2.80 bits per heavy atom. The van der Waals surface area contributed by atoms with Crippen LogP contribution in [0.3, 0.4) is 0 Å². The first-order valence-corrected chi connectivity index (χ1v) is 9.40. The van der Waals surface area contributed by atoms with Gasteiger partial charge in [0.2, 0.25) is 0 Å². The number of nitrogens with zero attached hydrogens (tertiary/aromatic N) is 2. The molecule has 1 aromatic heterocycles. The van der Waals surface area contributed by atoms with Crippen LogP contribution in [-0.2, 0) is 4.79 Å². The summed E-state index contributed by atoms with van der Waals surface area (Å²) in [6.07, 6.45) is 2.00. The number of carbonyl (C=O) groups excluding carboxylic acids is 1. The fraction of sp³-hybridized carbons (Fsp3) is 0.250. The van der Waals surface area contributed by atoms with Gasteiger partial charge in [-0.1, -0.05) is 18.3 Å². The summed E-state index contributed by atoms with van der Waals surface area (Å²) < 4.78 is 1.13. The number of hydrogen-bond donors (Lipinski definition) is 2. The van der Waals surface area contributed by atoms with Crippen LogP contribution in [0.2, 0.25) is 0 Å². The van der Waals surface area contributed by atoms with E-state index in [0.29, 0.717) is 11.3 Å². The number of nitrogens with one attached hydrogen (secondary N) is 2. The first kappa shape index (κ1) is 19.3. The molecule has 0 aliphatic rings. The molecule has 2 N–H and O–H groups in total. The standard InChI is InChI=1S/C16H17IN4O3S/c1-3-13(19-14-6-4-11(17)8-10(14)2)16(22)20-18-9-12-5-7-15(25-12)21(23)24/h4-9,13,19H,3H2,1-2H3,(H,20,22)/b18-9+. The van der Waals surface area contributed by atoms with Crippen LogP contribution in [0.25, 0.3) is 0 Å². The van der Waals surface area contributed by atoms with Crippen molar-refractivity contribution in [1.29, 1.82) is 0 Å². The minimum atomic E-state index is -0.457. The van der Waals surface area contributed by atoms with Gasteiger partial charge in [0.05, 0.1) is 16.0 Å². The van der Waals surface area contributed by atoms with Crippen molar-refractivity contribution in [3.8, 4) is 0 Å². The average Bonchev–Trinajstić information content (AvgIpc) is 3.03. The van der Waals surface area contributed by atoms with E-state index in [-0.39, 0.29) is 10.9 Å². The van der Waals surface area contributed by atoms with Crippen molar-refractivity contribution in [2.45, 2.75) is 26.3 Å². The fourth-order valence-corrected chi connectivity index (χ4v) is 3.42. The fourth-order valence-electron chi connectivity index (χ4n) is 2.08. The molecule has 0 saturated heterocycles. The Balaban J connectivity index is 1.97. The zero-order valence-corrected chi connectivity index (χ0v) is 16.6. The number of anilines is 1. The molecule has 0 aliphatic carbocycles. The topological polar surface area (TPSA) is 96.6 Å². The van der Waals surface area contributed by atoms with E-state index in [2.05, 4.69) is 38.4 Å². The van der Waals surface area contributed by atoms with E-state index < -0.39 is 11.0 Å². The van der Waals surface area contributed by atoms with E-state index in [0.717, 1.165) is 26.2 Å². The Morgan fingerprint density at radius 1 is 1.44 bits per heavy atom. The zero-order chi connectivity index (χ0) is 18.4. The summed E-state index contributed by atoms with van der Waals surface area (Å²) in [6.45, 7) is 3.89. The number of rotatable bonds is 7. The first-order valence-electron chi connectivity index (χ1n) is 7.50. The Morgan fingerprint density at radius 2 is 2.20 bits per heavy atom. The van der Waals surface area contributed by atoms with Crippen LogP contribution in [0.15, 0.2) is 35.4 Å². The number of thiophene rings is 1. The average molecular weight is 472 g/mol. The minimum absolute atomic E-state index is 0.0371. The van der Waals surface area contributed by atoms with Crippen molar-refractivity contribution in [2.24, 2.45) is 5.10 Å². The summed E-state index contributed by atoms with van der Waals surface area (Å²) in [7, 11) is 0. The summed E-state index contributed by atoms with van der Waals surface area (Å²) in [5, 5.41) is 17.8. The molecule has 132 valence electrons. The van der Waals surface area contributed by atoms with Crippen molar-refractivity contribution in [3.05, 3.63) is 54.5 Å². The van der Waals surface area contributed by atoms with Gasteiger partial charge in [-0.3, -0.25) is 14.9 Å². The molecular weight excluding hydrogens is 455 g/mol. The van der Waals surface area contributed by atoms with Gasteiger partial charge >= 0.3 is 5.00 Å². The summed E-state index contributed by atoms with van der Waals surface area (Å²) in [5.74, 6) is -0.261. The van der Waals surface area contributed by atoms with E-state index in [1.54, 1.807) is 6.07 Å². The van der Waals surface area contributed by atoms with Gasteiger partial charge in [0.25, 0.3) is 5.91 Å². The molecule has 0 radical (unpaired) electrons. The highest BCUT2D eigenvalue weighted by molar-refractivity contribution is 14.1. The first-order chi connectivity index (χ1) is 11.9. The second-order valence-electron chi connectivity index (χ2n) is 5.23. The highest BCUT2D eigenvalue weighted by Gasteiger charge is 2.16. The number of nitro groups is 1. The van der Waals surface area contributed by atoms with Crippen molar-refractivity contribution >= 4 is 56.7 Å². The van der Waals surface area contributed by atoms with Crippen LogP contribution < -0.4 is 10.7 Å². The molecule has 7 nitrogen and oxygen atoms in total. The highest BCUT2D eigenvalue weighted by atomic mass is 127. The molecule has 0 spiro atoms. The highest BCUT2D eigenvalue weighted by Crippen LogP contribution is 2.22. The summed E-state index contributed by atoms with van der Waals surface area (Å²) in [4.78, 5) is 23.0. The van der Waals surface area contributed by atoms with E-state index in [1.807, 2.05) is 32.0 Å². The lowest BCUT2D eigenvalue weighted by atomic mass is 10.1. The molecule has 0 fully saturated rings. The van der Waals surface area contributed by atoms with Crippen LogP contribution in [0.5, 0.6) is 0 Å². The SMILES string of the molecule is CCC(Nc1ccc(I)cc1C)C(=O)N/N=C/c1ccc([N+](=O)[O-])s1. The molecule has 1 unspecified atom stereocenters. The monoisotopic (exact) mass is 472 g/mol. The van der Waals surface area contributed by atoms with Crippen molar-refractivity contribution in [2.75, 3.05) is 5.32 Å². The van der Waals surface area contributed by atoms with Gasteiger partial charge in [-0.2, -0.15) is 5.10 Å². The molecule has 1 atom stereocenters. The third-order valence-corrected chi connectivity index (χ3v) is 5.04. The normalized spacial score (nSPS) is 12.1. The van der Waals surface area contributed by atoms with Crippen LogP contribution in [0.1, 0.15) is 23.8 Å². The van der Waals surface area contributed by atoms with Gasteiger partial charge in [0.1, 0.15) is 6.04 Å². The maximum Gasteiger partial charge on any atom is 0.324 e. The Bertz CT molecular complexity index is 806. The maximum absolute atomic E-state index is 12.3.